The van der Waals surface area contributed by atoms with Crippen LogP contribution in [0.5, 0.6) is 11.5 Å². The Labute approximate surface area is 127 Å². The van der Waals surface area contributed by atoms with Crippen molar-refractivity contribution in [1.82, 2.24) is 0 Å². The molecule has 0 aromatic heterocycles. The zero-order chi connectivity index (χ0) is 15.9. The molecule has 2 aromatic carbocycles. The van der Waals surface area contributed by atoms with Crippen molar-refractivity contribution in [3.05, 3.63) is 65.2 Å². The molecule has 22 heavy (non-hydrogen) atoms. The van der Waals surface area contributed by atoms with Crippen LogP contribution in [0.1, 0.15) is 16.7 Å². The van der Waals surface area contributed by atoms with E-state index in [1.54, 1.807) is 19.2 Å². The Morgan fingerprint density at radius 1 is 1.18 bits per heavy atom. The van der Waals surface area contributed by atoms with E-state index >= 15 is 0 Å². The molecular weight excluding hydrogens is 288 g/mol. The highest BCUT2D eigenvalue weighted by molar-refractivity contribution is 5.60. The highest BCUT2D eigenvalue weighted by atomic mass is 19.3. The summed E-state index contributed by atoms with van der Waals surface area (Å²) >= 11 is 0. The highest BCUT2D eigenvalue weighted by Crippen LogP contribution is 2.25. The molecule has 0 aliphatic carbocycles. The molecule has 0 radical (unpaired) electrons. The summed E-state index contributed by atoms with van der Waals surface area (Å²) in [6.45, 7) is 0.227. The molecule has 0 spiro atoms. The molecular formula is C17H13F2NO2. The molecule has 0 unspecified atom stereocenters. The molecule has 0 atom stereocenters. The highest BCUT2D eigenvalue weighted by Gasteiger charge is 2.06. The number of halogens is 2. The van der Waals surface area contributed by atoms with Gasteiger partial charge in [-0.2, -0.15) is 14.0 Å². The monoisotopic (exact) mass is 301 g/mol. The molecule has 0 heterocycles. The van der Waals surface area contributed by atoms with Crippen LogP contribution in [0.4, 0.5) is 8.78 Å². The van der Waals surface area contributed by atoms with Gasteiger partial charge in [0.15, 0.2) is 0 Å². The minimum absolute atomic E-state index is 0.174. The first-order chi connectivity index (χ1) is 10.6. The number of benzene rings is 2. The van der Waals surface area contributed by atoms with Crippen LogP contribution in [0.15, 0.2) is 48.5 Å². The number of nitrogens with zero attached hydrogens (tertiary/aromatic N) is 1. The molecule has 0 saturated heterocycles. The summed E-state index contributed by atoms with van der Waals surface area (Å²) in [4.78, 5) is 0. The van der Waals surface area contributed by atoms with E-state index in [1.165, 1.54) is 18.2 Å². The number of ether oxygens (including phenoxy) is 2. The van der Waals surface area contributed by atoms with Crippen molar-refractivity contribution < 1.29 is 18.3 Å². The van der Waals surface area contributed by atoms with Crippen molar-refractivity contribution in [2.45, 2.75) is 6.61 Å². The van der Waals surface area contributed by atoms with Gasteiger partial charge in [-0.25, -0.2) is 0 Å². The average Bonchev–Trinajstić information content (AvgIpc) is 2.53. The predicted molar refractivity (Wildman–Crippen MR) is 78.7 cm³/mol. The normalized spacial score (nSPS) is 9.73. The molecule has 0 aliphatic rings. The molecule has 0 bridgehead atoms. The lowest BCUT2D eigenvalue weighted by Gasteiger charge is -2.10. The van der Waals surface area contributed by atoms with Gasteiger partial charge in [0, 0.05) is 11.6 Å². The molecule has 2 aromatic rings. The van der Waals surface area contributed by atoms with Crippen LogP contribution in [-0.2, 0) is 6.61 Å². The van der Waals surface area contributed by atoms with E-state index in [2.05, 4.69) is 0 Å². The topological polar surface area (TPSA) is 42.2 Å². The standard InChI is InChI=1S/C17H13F2NO2/c1-21-15-5-2-12(3-6-15)11-22-16-7-4-13(10-20)8-14(16)9-17(18)19/h2-9H,11H2,1H3. The fourth-order valence-electron chi connectivity index (χ4n) is 1.86. The van der Waals surface area contributed by atoms with E-state index < -0.39 is 6.08 Å². The van der Waals surface area contributed by atoms with Gasteiger partial charge >= 0.3 is 0 Å². The zero-order valence-electron chi connectivity index (χ0n) is 11.8. The number of rotatable bonds is 5. The minimum Gasteiger partial charge on any atom is -0.497 e. The number of methoxy groups -OCH3 is 1. The second-order valence-corrected chi connectivity index (χ2v) is 4.44. The lowest BCUT2D eigenvalue weighted by atomic mass is 10.1. The van der Waals surface area contributed by atoms with E-state index in [1.807, 2.05) is 18.2 Å². The maximum Gasteiger partial charge on any atom is 0.271 e. The van der Waals surface area contributed by atoms with E-state index in [4.69, 9.17) is 14.7 Å². The summed E-state index contributed by atoms with van der Waals surface area (Å²) < 4.78 is 35.6. The fourth-order valence-corrected chi connectivity index (χ4v) is 1.86. The van der Waals surface area contributed by atoms with Crippen molar-refractivity contribution in [2.75, 3.05) is 7.11 Å². The minimum atomic E-state index is -1.84. The summed E-state index contributed by atoms with van der Waals surface area (Å²) in [5.74, 6) is 1.02. The Balaban J connectivity index is 2.17. The largest absolute Gasteiger partial charge is 0.497 e. The smallest absolute Gasteiger partial charge is 0.271 e. The van der Waals surface area contributed by atoms with Gasteiger partial charge in [0.05, 0.1) is 18.7 Å². The van der Waals surface area contributed by atoms with Gasteiger partial charge < -0.3 is 9.47 Å². The second kappa shape index (κ2) is 7.23. The van der Waals surface area contributed by atoms with Gasteiger partial charge in [-0.15, -0.1) is 0 Å². The van der Waals surface area contributed by atoms with Crippen LogP contribution >= 0.6 is 0 Å². The maximum atomic E-state index is 12.5. The van der Waals surface area contributed by atoms with Crippen LogP contribution in [0.25, 0.3) is 6.08 Å². The quantitative estimate of drug-likeness (QED) is 0.823. The van der Waals surface area contributed by atoms with Crippen LogP contribution in [0.2, 0.25) is 0 Å². The summed E-state index contributed by atoms with van der Waals surface area (Å²) in [7, 11) is 1.58. The van der Waals surface area contributed by atoms with Crippen LogP contribution < -0.4 is 9.47 Å². The number of hydrogen-bond acceptors (Lipinski definition) is 3. The van der Waals surface area contributed by atoms with Gasteiger partial charge in [0.1, 0.15) is 18.1 Å². The lowest BCUT2D eigenvalue weighted by molar-refractivity contribution is 0.305. The molecule has 0 saturated carbocycles. The Hall–Kier alpha value is -2.87. The first-order valence-corrected chi connectivity index (χ1v) is 6.45. The van der Waals surface area contributed by atoms with Crippen LogP contribution in [0.3, 0.4) is 0 Å². The molecule has 0 aliphatic heterocycles. The third-order valence-corrected chi connectivity index (χ3v) is 2.96. The lowest BCUT2D eigenvalue weighted by Crippen LogP contribution is -1.97. The number of hydrogen-bond donors (Lipinski definition) is 0. The average molecular weight is 301 g/mol. The zero-order valence-corrected chi connectivity index (χ0v) is 11.8. The van der Waals surface area contributed by atoms with E-state index in [0.29, 0.717) is 17.4 Å². The van der Waals surface area contributed by atoms with Gasteiger partial charge in [-0.05, 0) is 35.9 Å². The summed E-state index contributed by atoms with van der Waals surface area (Å²) in [5.41, 5.74) is 1.35. The summed E-state index contributed by atoms with van der Waals surface area (Å²) in [5, 5.41) is 8.83. The van der Waals surface area contributed by atoms with Gasteiger partial charge in [-0.1, -0.05) is 12.1 Å². The van der Waals surface area contributed by atoms with Gasteiger partial charge in [0.25, 0.3) is 6.08 Å². The summed E-state index contributed by atoms with van der Waals surface area (Å²) in [6.07, 6.45) is -1.16. The van der Waals surface area contributed by atoms with Crippen molar-refractivity contribution in [3.8, 4) is 17.6 Å². The Bertz CT molecular complexity index is 714. The third kappa shape index (κ3) is 4.06. The Morgan fingerprint density at radius 3 is 2.50 bits per heavy atom. The second-order valence-electron chi connectivity index (χ2n) is 4.44. The first kappa shape index (κ1) is 15.5. The van der Waals surface area contributed by atoms with E-state index in [-0.39, 0.29) is 12.2 Å². The van der Waals surface area contributed by atoms with Crippen LogP contribution in [-0.4, -0.2) is 7.11 Å². The van der Waals surface area contributed by atoms with Gasteiger partial charge in [-0.3, -0.25) is 0 Å². The Kier molecular flexibility index (Phi) is 5.10. The van der Waals surface area contributed by atoms with Gasteiger partial charge in [0.2, 0.25) is 0 Å². The molecule has 0 fully saturated rings. The van der Waals surface area contributed by atoms with E-state index in [0.717, 1.165) is 11.3 Å². The maximum absolute atomic E-state index is 12.5. The number of nitriles is 1. The SMILES string of the molecule is COc1ccc(COc2ccc(C#N)cc2C=C(F)F)cc1. The molecule has 3 nitrogen and oxygen atoms in total. The third-order valence-electron chi connectivity index (χ3n) is 2.96. The molecule has 0 N–H and O–H groups in total. The van der Waals surface area contributed by atoms with Crippen molar-refractivity contribution in [2.24, 2.45) is 0 Å². The molecule has 2 rings (SSSR count). The summed E-state index contributed by atoms with van der Waals surface area (Å²) in [6, 6.07) is 13.5. The van der Waals surface area contributed by atoms with Crippen molar-refractivity contribution >= 4 is 6.08 Å². The first-order valence-electron chi connectivity index (χ1n) is 6.45. The molecule has 112 valence electrons. The molecule has 0 amide bonds. The van der Waals surface area contributed by atoms with E-state index in [9.17, 15) is 8.78 Å². The predicted octanol–water partition coefficient (Wildman–Crippen LogP) is 4.38. The van der Waals surface area contributed by atoms with Crippen LogP contribution in [0, 0.1) is 11.3 Å². The molecule has 5 heteroatoms. The van der Waals surface area contributed by atoms with Crippen molar-refractivity contribution in [1.29, 1.82) is 5.26 Å². The fraction of sp³-hybridized carbons (Fsp3) is 0.118. The van der Waals surface area contributed by atoms with Crippen molar-refractivity contribution in [3.63, 3.8) is 0 Å². The Morgan fingerprint density at radius 2 is 1.91 bits per heavy atom.